The Labute approximate surface area is 110 Å². The second kappa shape index (κ2) is 4.76. The molecule has 3 N–H and O–H groups in total. The number of benzene rings is 1. The molecule has 0 fully saturated rings. The summed E-state index contributed by atoms with van der Waals surface area (Å²) in [7, 11) is 0. The van der Waals surface area contributed by atoms with Gasteiger partial charge in [-0.1, -0.05) is 19.9 Å². The predicted molar refractivity (Wildman–Crippen MR) is 74.1 cm³/mol. The Balaban J connectivity index is 2.73. The highest BCUT2D eigenvalue weighted by molar-refractivity contribution is 5.92. The van der Waals surface area contributed by atoms with E-state index in [9.17, 15) is 14.7 Å². The van der Waals surface area contributed by atoms with Crippen LogP contribution in [0.1, 0.15) is 19.9 Å². The lowest BCUT2D eigenvalue weighted by molar-refractivity contribution is -0.142. The second-order valence-electron chi connectivity index (χ2n) is 4.86. The summed E-state index contributed by atoms with van der Waals surface area (Å²) < 4.78 is 1.26. The Morgan fingerprint density at radius 1 is 1.26 bits per heavy atom. The summed E-state index contributed by atoms with van der Waals surface area (Å²) in [6.45, 7) is 3.55. The maximum atomic E-state index is 12.4. The zero-order valence-electron chi connectivity index (χ0n) is 10.8. The molecule has 0 aliphatic rings. The highest BCUT2D eigenvalue weighted by atomic mass is 16.4. The third kappa shape index (κ3) is 2.19. The molecule has 0 saturated heterocycles. The summed E-state index contributed by atoms with van der Waals surface area (Å²) in [5.74, 6) is -1.20. The molecule has 0 spiro atoms. The molecule has 1 atom stereocenters. The summed E-state index contributed by atoms with van der Waals surface area (Å²) in [6, 6.07) is 5.87. The van der Waals surface area contributed by atoms with E-state index in [0.29, 0.717) is 16.5 Å². The van der Waals surface area contributed by atoms with Gasteiger partial charge in [-0.05, 0) is 24.1 Å². The fourth-order valence-electron chi connectivity index (χ4n) is 2.26. The molecule has 1 aromatic heterocycles. The molecule has 0 amide bonds. The summed E-state index contributed by atoms with van der Waals surface area (Å²) in [5, 5.41) is 10.4. The van der Waals surface area contributed by atoms with E-state index in [1.54, 1.807) is 38.1 Å². The number of hydrogen-bond donors (Lipinski definition) is 2. The summed E-state index contributed by atoms with van der Waals surface area (Å²) >= 11 is 0. The van der Waals surface area contributed by atoms with Crippen molar-refractivity contribution in [2.45, 2.75) is 19.9 Å². The average molecular weight is 260 g/mol. The van der Waals surface area contributed by atoms with Crippen molar-refractivity contribution < 1.29 is 9.90 Å². The van der Waals surface area contributed by atoms with Crippen molar-refractivity contribution in [1.29, 1.82) is 0 Å². The summed E-state index contributed by atoms with van der Waals surface area (Å²) in [5.41, 5.74) is 5.99. The van der Waals surface area contributed by atoms with Crippen molar-refractivity contribution in [3.63, 3.8) is 0 Å². The van der Waals surface area contributed by atoms with Crippen LogP contribution in [0.2, 0.25) is 0 Å². The van der Waals surface area contributed by atoms with Gasteiger partial charge in [-0.3, -0.25) is 4.79 Å². The monoisotopic (exact) mass is 260 g/mol. The van der Waals surface area contributed by atoms with Gasteiger partial charge < -0.3 is 15.4 Å². The van der Waals surface area contributed by atoms with E-state index in [1.165, 1.54) is 10.8 Å². The van der Waals surface area contributed by atoms with E-state index in [4.69, 9.17) is 5.73 Å². The fourth-order valence-corrected chi connectivity index (χ4v) is 2.26. The zero-order valence-corrected chi connectivity index (χ0v) is 10.8. The molecular formula is C14H16N2O3. The van der Waals surface area contributed by atoms with E-state index in [-0.39, 0.29) is 11.5 Å². The van der Waals surface area contributed by atoms with Gasteiger partial charge >= 0.3 is 5.97 Å². The molecule has 0 saturated carbocycles. The summed E-state index contributed by atoms with van der Waals surface area (Å²) in [6.07, 6.45) is 1.50. The smallest absolute Gasteiger partial charge is 0.327 e. The number of aromatic nitrogens is 1. The standard InChI is InChI=1S/C14H16N2O3/c1-8(2)12(14(18)19)16-7-6-9-10(13(16)17)4-3-5-11(9)15/h3-8,12H,15H2,1-2H3,(H,18,19). The highest BCUT2D eigenvalue weighted by Crippen LogP contribution is 2.21. The number of nitrogens with zero attached hydrogens (tertiary/aromatic N) is 1. The number of aliphatic carboxylic acids is 1. The molecular weight excluding hydrogens is 244 g/mol. The maximum Gasteiger partial charge on any atom is 0.327 e. The van der Waals surface area contributed by atoms with Crippen LogP contribution in [0.15, 0.2) is 35.3 Å². The normalized spacial score (nSPS) is 12.8. The number of carboxylic acids is 1. The molecule has 0 bridgehead atoms. The van der Waals surface area contributed by atoms with Crippen LogP contribution in [0.5, 0.6) is 0 Å². The molecule has 5 nitrogen and oxygen atoms in total. The lowest BCUT2D eigenvalue weighted by Crippen LogP contribution is -2.32. The number of hydrogen-bond acceptors (Lipinski definition) is 3. The van der Waals surface area contributed by atoms with E-state index >= 15 is 0 Å². The molecule has 2 aromatic rings. The molecule has 1 unspecified atom stereocenters. The molecule has 1 aromatic carbocycles. The van der Waals surface area contributed by atoms with E-state index in [2.05, 4.69) is 0 Å². The Hall–Kier alpha value is -2.30. The van der Waals surface area contributed by atoms with Crippen LogP contribution >= 0.6 is 0 Å². The van der Waals surface area contributed by atoms with Gasteiger partial charge in [0.2, 0.25) is 0 Å². The van der Waals surface area contributed by atoms with Crippen LogP contribution in [0.3, 0.4) is 0 Å². The zero-order chi connectivity index (χ0) is 14.2. The van der Waals surface area contributed by atoms with Crippen molar-refractivity contribution in [2.24, 2.45) is 5.92 Å². The third-order valence-corrected chi connectivity index (χ3v) is 3.19. The molecule has 5 heteroatoms. The number of fused-ring (bicyclic) bond motifs is 1. The topological polar surface area (TPSA) is 85.3 Å². The number of carbonyl (C=O) groups is 1. The number of carboxylic acid groups (broad SMARTS) is 1. The average Bonchev–Trinajstić information content (AvgIpc) is 2.32. The Kier molecular flexibility index (Phi) is 3.29. The molecule has 2 rings (SSSR count). The Bertz CT molecular complexity index is 689. The Morgan fingerprint density at radius 3 is 2.53 bits per heavy atom. The van der Waals surface area contributed by atoms with Crippen LogP contribution < -0.4 is 11.3 Å². The lowest BCUT2D eigenvalue weighted by Gasteiger charge is -2.19. The lowest BCUT2D eigenvalue weighted by atomic mass is 10.0. The number of nitrogen functional groups attached to an aromatic ring is 1. The van der Waals surface area contributed by atoms with Crippen molar-refractivity contribution >= 4 is 22.4 Å². The maximum absolute atomic E-state index is 12.4. The highest BCUT2D eigenvalue weighted by Gasteiger charge is 2.24. The first-order valence-electron chi connectivity index (χ1n) is 6.05. The van der Waals surface area contributed by atoms with Gasteiger partial charge in [0.25, 0.3) is 5.56 Å². The largest absolute Gasteiger partial charge is 0.480 e. The minimum Gasteiger partial charge on any atom is -0.480 e. The van der Waals surface area contributed by atoms with Crippen molar-refractivity contribution in [1.82, 2.24) is 4.57 Å². The minimum absolute atomic E-state index is 0.186. The van der Waals surface area contributed by atoms with Crippen molar-refractivity contribution in [3.8, 4) is 0 Å². The van der Waals surface area contributed by atoms with Gasteiger partial charge in [0.1, 0.15) is 6.04 Å². The van der Waals surface area contributed by atoms with Crippen LogP contribution in [-0.2, 0) is 4.79 Å². The first-order chi connectivity index (χ1) is 8.93. The van der Waals surface area contributed by atoms with Gasteiger partial charge in [-0.2, -0.15) is 0 Å². The van der Waals surface area contributed by atoms with E-state index in [0.717, 1.165) is 0 Å². The number of rotatable bonds is 3. The second-order valence-corrected chi connectivity index (χ2v) is 4.86. The van der Waals surface area contributed by atoms with Crippen molar-refractivity contribution in [3.05, 3.63) is 40.8 Å². The predicted octanol–water partition coefficient (Wildman–Crippen LogP) is 1.87. The van der Waals surface area contributed by atoms with Crippen molar-refractivity contribution in [2.75, 3.05) is 5.73 Å². The Morgan fingerprint density at radius 2 is 1.95 bits per heavy atom. The van der Waals surface area contributed by atoms with Gasteiger partial charge in [0, 0.05) is 22.7 Å². The first kappa shape index (κ1) is 13.1. The van der Waals surface area contributed by atoms with Crippen LogP contribution in [0, 0.1) is 5.92 Å². The summed E-state index contributed by atoms with van der Waals surface area (Å²) in [4.78, 5) is 23.7. The SMILES string of the molecule is CC(C)C(C(=O)O)n1ccc2c(N)cccc2c1=O. The molecule has 0 aliphatic heterocycles. The van der Waals surface area contributed by atoms with Gasteiger partial charge in [0.05, 0.1) is 0 Å². The molecule has 0 radical (unpaired) electrons. The van der Waals surface area contributed by atoms with Crippen LogP contribution in [-0.4, -0.2) is 15.6 Å². The third-order valence-electron chi connectivity index (χ3n) is 3.19. The van der Waals surface area contributed by atoms with Crippen LogP contribution in [0.25, 0.3) is 10.8 Å². The van der Waals surface area contributed by atoms with Gasteiger partial charge in [-0.15, -0.1) is 0 Å². The molecule has 19 heavy (non-hydrogen) atoms. The molecule has 1 heterocycles. The van der Waals surface area contributed by atoms with Crippen LogP contribution in [0.4, 0.5) is 5.69 Å². The van der Waals surface area contributed by atoms with E-state index in [1.807, 2.05) is 0 Å². The number of anilines is 1. The molecule has 100 valence electrons. The van der Waals surface area contributed by atoms with E-state index < -0.39 is 12.0 Å². The minimum atomic E-state index is -1.01. The first-order valence-corrected chi connectivity index (χ1v) is 6.05. The van der Waals surface area contributed by atoms with Gasteiger partial charge in [-0.25, -0.2) is 4.79 Å². The number of nitrogens with two attached hydrogens (primary N) is 1. The quantitative estimate of drug-likeness (QED) is 0.825. The van der Waals surface area contributed by atoms with Gasteiger partial charge in [0.15, 0.2) is 0 Å². The molecule has 0 aliphatic carbocycles. The fraction of sp³-hybridized carbons (Fsp3) is 0.286. The number of pyridine rings is 1.